The molecule has 4 aromatic carbocycles. The predicted octanol–water partition coefficient (Wildman–Crippen LogP) is 7.52. The molecule has 196 valence electrons. The molecule has 0 bridgehead atoms. The highest BCUT2D eigenvalue weighted by Crippen LogP contribution is 2.36. The Morgan fingerprint density at radius 1 is 0.800 bits per heavy atom. The van der Waals surface area contributed by atoms with E-state index in [0.29, 0.717) is 22.4 Å². The number of carbonyl (C=O) groups excluding carboxylic acids is 1. The van der Waals surface area contributed by atoms with Crippen molar-refractivity contribution >= 4 is 40.3 Å². The van der Waals surface area contributed by atoms with Crippen LogP contribution in [0.15, 0.2) is 126 Å². The Morgan fingerprint density at radius 2 is 1.43 bits per heavy atom. The summed E-state index contributed by atoms with van der Waals surface area (Å²) in [5.74, 6) is 0.681. The van der Waals surface area contributed by atoms with Gasteiger partial charge in [0.05, 0.1) is 22.8 Å². The van der Waals surface area contributed by atoms with Crippen LogP contribution in [0.5, 0.6) is 5.75 Å². The number of benzene rings is 4. The van der Waals surface area contributed by atoms with Crippen molar-refractivity contribution in [2.24, 2.45) is 0 Å². The van der Waals surface area contributed by atoms with Crippen LogP contribution in [0.25, 0.3) is 23.0 Å². The third-order valence-electron chi connectivity index (χ3n) is 6.48. The van der Waals surface area contributed by atoms with Crippen LogP contribution >= 0.6 is 24.0 Å². The van der Waals surface area contributed by atoms with Crippen molar-refractivity contribution in [1.82, 2.24) is 14.7 Å². The fraction of sp³-hybridized carbons (Fsp3) is 0.0606. The molecule has 5 aromatic rings. The molecule has 1 amide bonds. The SMILES string of the molecule is O=C1C(=Cc2cn(-c3ccccc3)nc2-c2ccc(OCc3ccccc3)cc2)SC(=S)N1Cc1ccccc1. The number of hydrogen-bond acceptors (Lipinski definition) is 5. The van der Waals surface area contributed by atoms with Crippen LogP contribution in [0.4, 0.5) is 0 Å². The van der Waals surface area contributed by atoms with Crippen molar-refractivity contribution in [3.8, 4) is 22.7 Å². The number of para-hydroxylation sites is 1. The fourth-order valence-corrected chi connectivity index (χ4v) is 5.67. The fourth-order valence-electron chi connectivity index (χ4n) is 4.42. The Balaban J connectivity index is 1.29. The van der Waals surface area contributed by atoms with Crippen molar-refractivity contribution in [3.05, 3.63) is 143 Å². The molecule has 2 heterocycles. The zero-order valence-corrected chi connectivity index (χ0v) is 23.1. The largest absolute Gasteiger partial charge is 0.489 e. The van der Waals surface area contributed by atoms with Gasteiger partial charge in [-0.2, -0.15) is 5.10 Å². The summed E-state index contributed by atoms with van der Waals surface area (Å²) in [4.78, 5) is 15.6. The maximum Gasteiger partial charge on any atom is 0.266 e. The van der Waals surface area contributed by atoms with E-state index in [2.05, 4.69) is 0 Å². The number of ether oxygens (including phenoxy) is 1. The zero-order chi connectivity index (χ0) is 27.3. The zero-order valence-electron chi connectivity index (χ0n) is 21.5. The first kappa shape index (κ1) is 25.8. The van der Waals surface area contributed by atoms with Gasteiger partial charge in [-0.3, -0.25) is 9.69 Å². The van der Waals surface area contributed by atoms with Gasteiger partial charge in [-0.05, 0) is 53.6 Å². The van der Waals surface area contributed by atoms with E-state index in [4.69, 9.17) is 22.1 Å². The average Bonchev–Trinajstić information content (AvgIpc) is 3.54. The molecule has 1 saturated heterocycles. The number of rotatable bonds is 8. The topological polar surface area (TPSA) is 47.4 Å². The lowest BCUT2D eigenvalue weighted by molar-refractivity contribution is -0.122. The number of thioether (sulfide) groups is 1. The van der Waals surface area contributed by atoms with E-state index in [9.17, 15) is 4.79 Å². The third kappa shape index (κ3) is 5.76. The molecule has 6 rings (SSSR count). The second kappa shape index (κ2) is 11.7. The van der Waals surface area contributed by atoms with Gasteiger partial charge in [0.2, 0.25) is 0 Å². The van der Waals surface area contributed by atoms with Gasteiger partial charge >= 0.3 is 0 Å². The van der Waals surface area contributed by atoms with E-state index in [1.807, 2.05) is 132 Å². The number of thiocarbonyl (C=S) groups is 1. The molecule has 1 aliphatic heterocycles. The van der Waals surface area contributed by atoms with E-state index < -0.39 is 0 Å². The summed E-state index contributed by atoms with van der Waals surface area (Å²) in [5.41, 5.74) is 5.61. The van der Waals surface area contributed by atoms with Gasteiger partial charge in [-0.15, -0.1) is 0 Å². The molecule has 0 atom stereocenters. The van der Waals surface area contributed by atoms with Crippen molar-refractivity contribution in [3.63, 3.8) is 0 Å². The lowest BCUT2D eigenvalue weighted by Gasteiger charge is -2.14. The van der Waals surface area contributed by atoms with Crippen LogP contribution < -0.4 is 4.74 Å². The molecule has 0 spiro atoms. The number of aromatic nitrogens is 2. The van der Waals surface area contributed by atoms with E-state index in [1.165, 1.54) is 11.8 Å². The van der Waals surface area contributed by atoms with Crippen LogP contribution in [-0.2, 0) is 17.9 Å². The average molecular weight is 560 g/mol. The molecule has 1 aliphatic rings. The summed E-state index contributed by atoms with van der Waals surface area (Å²) in [6, 6.07) is 37.8. The third-order valence-corrected chi connectivity index (χ3v) is 7.86. The molecule has 40 heavy (non-hydrogen) atoms. The second-order valence-electron chi connectivity index (χ2n) is 9.27. The van der Waals surface area contributed by atoms with E-state index in [1.54, 1.807) is 4.90 Å². The van der Waals surface area contributed by atoms with Gasteiger partial charge < -0.3 is 4.74 Å². The molecule has 1 aromatic heterocycles. The molecule has 1 fully saturated rings. The molecule has 0 saturated carbocycles. The number of hydrogen-bond donors (Lipinski definition) is 0. The van der Waals surface area contributed by atoms with Gasteiger partial charge in [0, 0.05) is 17.3 Å². The standard InChI is InChI=1S/C33H25N3O2S2/c37-32-30(40-33(39)35(32)21-24-10-4-1-5-11-24)20-27-22-36(28-14-8-3-9-15-28)34-31(27)26-16-18-29(19-17-26)38-23-25-12-6-2-7-13-25/h1-20,22H,21,23H2. The maximum atomic E-state index is 13.4. The van der Waals surface area contributed by atoms with E-state index >= 15 is 0 Å². The van der Waals surface area contributed by atoms with Crippen molar-refractivity contribution in [2.75, 3.05) is 0 Å². The summed E-state index contributed by atoms with van der Waals surface area (Å²) in [7, 11) is 0. The molecular weight excluding hydrogens is 535 g/mol. The van der Waals surface area contributed by atoms with E-state index in [-0.39, 0.29) is 5.91 Å². The van der Waals surface area contributed by atoms with Gasteiger partial charge in [-0.1, -0.05) is 103 Å². The molecule has 5 nitrogen and oxygen atoms in total. The predicted molar refractivity (Wildman–Crippen MR) is 165 cm³/mol. The van der Waals surface area contributed by atoms with Crippen LogP contribution in [-0.4, -0.2) is 24.9 Å². The molecule has 0 aliphatic carbocycles. The minimum atomic E-state index is -0.0954. The lowest BCUT2D eigenvalue weighted by atomic mass is 10.1. The second-order valence-corrected chi connectivity index (χ2v) is 10.9. The number of nitrogens with zero attached hydrogens (tertiary/aromatic N) is 3. The molecule has 0 N–H and O–H groups in total. The van der Waals surface area contributed by atoms with Crippen molar-refractivity contribution in [1.29, 1.82) is 0 Å². The number of amides is 1. The molecule has 0 unspecified atom stereocenters. The molecule has 7 heteroatoms. The minimum Gasteiger partial charge on any atom is -0.489 e. The Labute approximate surface area is 242 Å². The summed E-state index contributed by atoms with van der Waals surface area (Å²) in [6.45, 7) is 0.947. The highest BCUT2D eigenvalue weighted by atomic mass is 32.2. The Kier molecular flexibility index (Phi) is 7.57. The van der Waals surface area contributed by atoms with Crippen LogP contribution in [0.2, 0.25) is 0 Å². The van der Waals surface area contributed by atoms with Crippen LogP contribution in [0.3, 0.4) is 0 Å². The highest BCUT2D eigenvalue weighted by Gasteiger charge is 2.32. The number of carbonyl (C=O) groups is 1. The van der Waals surface area contributed by atoms with Gasteiger partial charge in [-0.25, -0.2) is 4.68 Å². The minimum absolute atomic E-state index is 0.0954. The first-order chi connectivity index (χ1) is 19.6. The van der Waals surface area contributed by atoms with Crippen LogP contribution in [0, 0.1) is 0 Å². The van der Waals surface area contributed by atoms with Crippen LogP contribution in [0.1, 0.15) is 16.7 Å². The Bertz CT molecular complexity index is 1670. The summed E-state index contributed by atoms with van der Waals surface area (Å²) in [6.07, 6.45) is 3.85. The Hall–Kier alpha value is -4.46. The van der Waals surface area contributed by atoms with E-state index in [0.717, 1.165) is 39.4 Å². The van der Waals surface area contributed by atoms with Crippen molar-refractivity contribution in [2.45, 2.75) is 13.2 Å². The summed E-state index contributed by atoms with van der Waals surface area (Å²) in [5, 5.41) is 4.91. The normalized spacial score (nSPS) is 14.2. The van der Waals surface area contributed by atoms with Crippen molar-refractivity contribution < 1.29 is 9.53 Å². The molecule has 0 radical (unpaired) electrons. The maximum absolute atomic E-state index is 13.4. The quantitative estimate of drug-likeness (QED) is 0.145. The summed E-state index contributed by atoms with van der Waals surface area (Å²) < 4.78 is 8.37. The Morgan fingerprint density at radius 3 is 2.10 bits per heavy atom. The van der Waals surface area contributed by atoms with Gasteiger partial charge in [0.1, 0.15) is 16.7 Å². The molecular formula is C33H25N3O2S2. The highest BCUT2D eigenvalue weighted by molar-refractivity contribution is 8.26. The van der Waals surface area contributed by atoms with Gasteiger partial charge in [0.15, 0.2) is 0 Å². The lowest BCUT2D eigenvalue weighted by Crippen LogP contribution is -2.27. The smallest absolute Gasteiger partial charge is 0.266 e. The first-order valence-corrected chi connectivity index (χ1v) is 14.1. The summed E-state index contributed by atoms with van der Waals surface area (Å²) >= 11 is 6.91. The first-order valence-electron chi connectivity index (χ1n) is 12.9. The monoisotopic (exact) mass is 559 g/mol. The van der Waals surface area contributed by atoms with Gasteiger partial charge in [0.25, 0.3) is 5.91 Å².